The van der Waals surface area contributed by atoms with E-state index in [2.05, 4.69) is 10.9 Å². The highest BCUT2D eigenvalue weighted by molar-refractivity contribution is 7.86. The van der Waals surface area contributed by atoms with Gasteiger partial charge in [-0.05, 0) is 12.1 Å². The van der Waals surface area contributed by atoms with E-state index in [0.29, 0.717) is 44.3 Å². The van der Waals surface area contributed by atoms with Gasteiger partial charge in [0.1, 0.15) is 0 Å². The maximum absolute atomic E-state index is 12.5. The van der Waals surface area contributed by atoms with Crippen molar-refractivity contribution in [2.45, 2.75) is 13.8 Å². The van der Waals surface area contributed by atoms with Crippen molar-refractivity contribution in [3.05, 3.63) is 34.9 Å². The van der Waals surface area contributed by atoms with Crippen LogP contribution in [0.25, 0.3) is 0 Å². The van der Waals surface area contributed by atoms with Crippen LogP contribution in [0.15, 0.2) is 24.3 Å². The molecule has 1 aromatic carbocycles. The van der Waals surface area contributed by atoms with Crippen LogP contribution >= 0.6 is 11.6 Å². The summed E-state index contributed by atoms with van der Waals surface area (Å²) in [6.45, 7) is 6.02. The second-order valence-corrected chi connectivity index (χ2v) is 8.59. The number of hydrogen-bond acceptors (Lipinski definition) is 5. The molecule has 1 heterocycles. The van der Waals surface area contributed by atoms with Gasteiger partial charge in [-0.2, -0.15) is 17.0 Å². The van der Waals surface area contributed by atoms with Crippen molar-refractivity contribution in [3.8, 4) is 0 Å². The van der Waals surface area contributed by atoms with E-state index in [-0.39, 0.29) is 18.0 Å². The van der Waals surface area contributed by atoms with Gasteiger partial charge in [0.2, 0.25) is 0 Å². The molecule has 1 aliphatic heterocycles. The summed E-state index contributed by atoms with van der Waals surface area (Å²) in [6.07, 6.45) is 0. The molecule has 0 aromatic heterocycles. The van der Waals surface area contributed by atoms with E-state index in [1.807, 2.05) is 4.90 Å². The highest BCUT2D eigenvalue weighted by Gasteiger charge is 2.31. The zero-order valence-corrected chi connectivity index (χ0v) is 17.6. The van der Waals surface area contributed by atoms with E-state index in [9.17, 15) is 18.0 Å². The minimum Gasteiger partial charge on any atom is -0.292 e. The Bertz CT molecular complexity index is 792. The van der Waals surface area contributed by atoms with Crippen molar-refractivity contribution in [2.75, 3.05) is 45.8 Å². The number of piperazine rings is 1. The number of nitrogens with one attached hydrogen (secondary N) is 2. The van der Waals surface area contributed by atoms with Gasteiger partial charge in [-0.1, -0.05) is 37.6 Å². The standard InChI is InChI=1S/C17H26ClN5O4S/c1-3-22(4-2)28(26,27)23-11-9-21(10-12-23)13-16(24)19-20-17(25)14-7-5-6-8-15(14)18/h5-8H,3-4,9-13H2,1-2H3,(H,19,24)(H,20,25). The van der Waals surface area contributed by atoms with Crippen LogP contribution in [0, 0.1) is 0 Å². The molecule has 2 rings (SSSR count). The molecule has 11 heteroatoms. The average Bonchev–Trinajstić information content (AvgIpc) is 2.67. The largest absolute Gasteiger partial charge is 0.292 e. The summed E-state index contributed by atoms with van der Waals surface area (Å²) in [5, 5.41) is 0.291. The summed E-state index contributed by atoms with van der Waals surface area (Å²) < 4.78 is 27.9. The molecule has 2 amide bonds. The molecule has 0 saturated carbocycles. The van der Waals surface area contributed by atoms with Crippen LogP contribution in [-0.2, 0) is 15.0 Å². The molecule has 2 N–H and O–H groups in total. The number of amides is 2. The second-order valence-electron chi connectivity index (χ2n) is 6.25. The SMILES string of the molecule is CCN(CC)S(=O)(=O)N1CCN(CC(=O)NNC(=O)c2ccccc2Cl)CC1. The third-order valence-electron chi connectivity index (χ3n) is 4.49. The molecule has 0 radical (unpaired) electrons. The van der Waals surface area contributed by atoms with Crippen molar-refractivity contribution in [1.29, 1.82) is 0 Å². The van der Waals surface area contributed by atoms with Gasteiger partial charge in [-0.3, -0.25) is 25.3 Å². The quantitative estimate of drug-likeness (QED) is 0.605. The van der Waals surface area contributed by atoms with Gasteiger partial charge in [0.25, 0.3) is 22.0 Å². The molecule has 9 nitrogen and oxygen atoms in total. The fourth-order valence-corrected chi connectivity index (χ4v) is 4.74. The molecule has 156 valence electrons. The number of nitrogens with zero attached hydrogens (tertiary/aromatic N) is 3. The van der Waals surface area contributed by atoms with Crippen molar-refractivity contribution in [2.24, 2.45) is 0 Å². The molecule has 1 saturated heterocycles. The Morgan fingerprint density at radius 2 is 1.68 bits per heavy atom. The zero-order chi connectivity index (χ0) is 20.7. The molecule has 1 aromatic rings. The number of halogens is 1. The summed E-state index contributed by atoms with van der Waals surface area (Å²) in [5.41, 5.74) is 4.95. The van der Waals surface area contributed by atoms with Crippen LogP contribution in [-0.4, -0.2) is 79.6 Å². The Balaban J connectivity index is 1.79. The van der Waals surface area contributed by atoms with Gasteiger partial charge >= 0.3 is 0 Å². The van der Waals surface area contributed by atoms with Crippen LogP contribution in [0.4, 0.5) is 0 Å². The zero-order valence-electron chi connectivity index (χ0n) is 16.0. The van der Waals surface area contributed by atoms with Gasteiger partial charge in [0.15, 0.2) is 0 Å². The lowest BCUT2D eigenvalue weighted by atomic mass is 10.2. The summed E-state index contributed by atoms with van der Waals surface area (Å²) in [6, 6.07) is 6.52. The number of rotatable bonds is 7. The van der Waals surface area contributed by atoms with Crippen molar-refractivity contribution in [3.63, 3.8) is 0 Å². The van der Waals surface area contributed by atoms with E-state index in [1.165, 1.54) is 8.61 Å². The van der Waals surface area contributed by atoms with Crippen LogP contribution < -0.4 is 10.9 Å². The number of hydrogen-bond donors (Lipinski definition) is 2. The number of carbonyl (C=O) groups is 2. The molecule has 0 spiro atoms. The Labute approximate surface area is 170 Å². The lowest BCUT2D eigenvalue weighted by Crippen LogP contribution is -2.55. The Kier molecular flexibility index (Phi) is 8.20. The summed E-state index contributed by atoms with van der Waals surface area (Å²) in [7, 11) is -3.46. The molecule has 28 heavy (non-hydrogen) atoms. The van der Waals surface area contributed by atoms with Gasteiger partial charge in [-0.15, -0.1) is 0 Å². The third-order valence-corrected chi connectivity index (χ3v) is 7.01. The Morgan fingerprint density at radius 1 is 1.07 bits per heavy atom. The number of hydrazine groups is 1. The Hall–Kier alpha value is -1.72. The summed E-state index contributed by atoms with van der Waals surface area (Å²) in [5.74, 6) is -0.894. The molecule has 0 atom stereocenters. The van der Waals surface area contributed by atoms with Crippen LogP contribution in [0.5, 0.6) is 0 Å². The van der Waals surface area contributed by atoms with Crippen LogP contribution in [0.1, 0.15) is 24.2 Å². The fourth-order valence-electron chi connectivity index (χ4n) is 2.91. The van der Waals surface area contributed by atoms with Crippen LogP contribution in [0.3, 0.4) is 0 Å². The first kappa shape index (κ1) is 22.6. The van der Waals surface area contributed by atoms with Crippen LogP contribution in [0.2, 0.25) is 5.02 Å². The molecule has 1 aliphatic rings. The first-order valence-electron chi connectivity index (χ1n) is 9.10. The molecule has 1 fully saturated rings. The summed E-state index contributed by atoms with van der Waals surface area (Å²) >= 11 is 5.94. The monoisotopic (exact) mass is 431 g/mol. The first-order valence-corrected chi connectivity index (χ1v) is 10.9. The van der Waals surface area contributed by atoms with Gasteiger partial charge in [0.05, 0.1) is 17.1 Å². The van der Waals surface area contributed by atoms with E-state index < -0.39 is 16.1 Å². The molecular formula is C17H26ClN5O4S. The second kappa shape index (κ2) is 10.2. The minimum atomic E-state index is -3.46. The predicted octanol–water partition coefficient (Wildman–Crippen LogP) is 0.305. The van der Waals surface area contributed by atoms with Crippen molar-refractivity contribution < 1.29 is 18.0 Å². The normalized spacial score (nSPS) is 16.1. The average molecular weight is 432 g/mol. The van der Waals surface area contributed by atoms with E-state index in [0.717, 1.165) is 0 Å². The van der Waals surface area contributed by atoms with Gasteiger partial charge in [0, 0.05) is 39.3 Å². The maximum Gasteiger partial charge on any atom is 0.282 e. The smallest absolute Gasteiger partial charge is 0.282 e. The molecule has 0 bridgehead atoms. The van der Waals surface area contributed by atoms with Crippen molar-refractivity contribution >= 4 is 33.6 Å². The number of benzene rings is 1. The van der Waals surface area contributed by atoms with Crippen molar-refractivity contribution in [1.82, 2.24) is 24.4 Å². The fraction of sp³-hybridized carbons (Fsp3) is 0.529. The van der Waals surface area contributed by atoms with Gasteiger partial charge < -0.3 is 0 Å². The molecule has 0 unspecified atom stereocenters. The van der Waals surface area contributed by atoms with E-state index in [4.69, 9.17) is 11.6 Å². The topological polar surface area (TPSA) is 102 Å². The van der Waals surface area contributed by atoms with Gasteiger partial charge in [-0.25, -0.2) is 0 Å². The Morgan fingerprint density at radius 3 is 2.25 bits per heavy atom. The molecular weight excluding hydrogens is 406 g/mol. The lowest BCUT2D eigenvalue weighted by Gasteiger charge is -2.35. The van der Waals surface area contributed by atoms with E-state index in [1.54, 1.807) is 38.1 Å². The predicted molar refractivity (Wildman–Crippen MR) is 107 cm³/mol. The maximum atomic E-state index is 12.5. The minimum absolute atomic E-state index is 0.0575. The third kappa shape index (κ3) is 5.65. The molecule has 0 aliphatic carbocycles. The highest BCUT2D eigenvalue weighted by atomic mass is 35.5. The lowest BCUT2D eigenvalue weighted by molar-refractivity contribution is -0.123. The number of carbonyl (C=O) groups excluding carboxylic acids is 2. The van der Waals surface area contributed by atoms with E-state index >= 15 is 0 Å². The first-order chi connectivity index (χ1) is 13.3. The summed E-state index contributed by atoms with van der Waals surface area (Å²) in [4.78, 5) is 25.9. The highest BCUT2D eigenvalue weighted by Crippen LogP contribution is 2.14.